The van der Waals surface area contributed by atoms with E-state index in [1.165, 1.54) is 0 Å². The van der Waals surface area contributed by atoms with Crippen molar-refractivity contribution in [2.45, 2.75) is 32.0 Å². The van der Waals surface area contributed by atoms with Crippen molar-refractivity contribution in [3.05, 3.63) is 0 Å². The standard InChI is InChI=1S/C9H17F3N2O4S/c1-7(6-9(10,11)12)13-19(16,17)14(2)5-4-8(15)18-3/h7,13H,4-6H2,1-3H3. The molecule has 1 atom stereocenters. The Balaban J connectivity index is 4.41. The normalized spacial score (nSPS) is 14.5. The number of ether oxygens (including phenoxy) is 1. The summed E-state index contributed by atoms with van der Waals surface area (Å²) in [6, 6.07) is -1.29. The number of alkyl halides is 3. The Hall–Kier alpha value is -0.870. The maximum absolute atomic E-state index is 12.1. The highest BCUT2D eigenvalue weighted by atomic mass is 32.2. The zero-order valence-corrected chi connectivity index (χ0v) is 11.6. The van der Waals surface area contributed by atoms with Gasteiger partial charge in [-0.15, -0.1) is 0 Å². The van der Waals surface area contributed by atoms with Gasteiger partial charge in [0.05, 0.1) is 20.0 Å². The maximum atomic E-state index is 12.1. The van der Waals surface area contributed by atoms with Crippen LogP contribution in [0.3, 0.4) is 0 Å². The number of hydrogen-bond acceptors (Lipinski definition) is 4. The van der Waals surface area contributed by atoms with Crippen molar-refractivity contribution >= 4 is 16.2 Å². The van der Waals surface area contributed by atoms with Crippen LogP contribution in [0.15, 0.2) is 0 Å². The number of esters is 1. The molecule has 0 aliphatic heterocycles. The highest BCUT2D eigenvalue weighted by Gasteiger charge is 2.32. The minimum atomic E-state index is -4.45. The van der Waals surface area contributed by atoms with E-state index in [0.29, 0.717) is 0 Å². The highest BCUT2D eigenvalue weighted by molar-refractivity contribution is 7.87. The molecule has 0 aromatic rings. The van der Waals surface area contributed by atoms with Crippen LogP contribution in [0.25, 0.3) is 0 Å². The smallest absolute Gasteiger partial charge is 0.390 e. The Labute approximate surface area is 110 Å². The van der Waals surface area contributed by atoms with Gasteiger partial charge in [0.15, 0.2) is 0 Å². The van der Waals surface area contributed by atoms with Gasteiger partial charge in [-0.1, -0.05) is 0 Å². The molecule has 0 aromatic carbocycles. The van der Waals surface area contributed by atoms with Crippen LogP contribution >= 0.6 is 0 Å². The number of methoxy groups -OCH3 is 1. The van der Waals surface area contributed by atoms with E-state index in [2.05, 4.69) is 4.74 Å². The van der Waals surface area contributed by atoms with Gasteiger partial charge in [-0.3, -0.25) is 4.79 Å². The molecule has 0 amide bonds. The van der Waals surface area contributed by atoms with E-state index in [0.717, 1.165) is 25.4 Å². The topological polar surface area (TPSA) is 75.7 Å². The minimum Gasteiger partial charge on any atom is -0.469 e. The molecule has 10 heteroatoms. The monoisotopic (exact) mass is 306 g/mol. The lowest BCUT2D eigenvalue weighted by molar-refractivity contribution is -0.140. The largest absolute Gasteiger partial charge is 0.469 e. The van der Waals surface area contributed by atoms with Gasteiger partial charge in [0.2, 0.25) is 0 Å². The quantitative estimate of drug-likeness (QED) is 0.701. The molecule has 0 heterocycles. The fourth-order valence-corrected chi connectivity index (χ4v) is 2.31. The van der Waals surface area contributed by atoms with Crippen molar-refractivity contribution in [2.24, 2.45) is 0 Å². The van der Waals surface area contributed by atoms with E-state index in [1.807, 2.05) is 4.72 Å². The number of halogens is 3. The molecule has 0 radical (unpaired) electrons. The van der Waals surface area contributed by atoms with Crippen molar-refractivity contribution in [3.8, 4) is 0 Å². The van der Waals surface area contributed by atoms with Crippen LogP contribution in [0.1, 0.15) is 19.8 Å². The van der Waals surface area contributed by atoms with Crippen LogP contribution in [-0.2, 0) is 19.7 Å². The summed E-state index contributed by atoms with van der Waals surface area (Å²) in [6.45, 7) is 0.930. The number of carbonyl (C=O) groups excluding carboxylic acids is 1. The summed E-state index contributed by atoms with van der Waals surface area (Å²) in [5.74, 6) is -0.606. The molecule has 0 aromatic heterocycles. The first kappa shape index (κ1) is 18.1. The predicted octanol–water partition coefficient (Wildman–Crippen LogP) is 0.657. The predicted molar refractivity (Wildman–Crippen MR) is 61.5 cm³/mol. The second-order valence-electron chi connectivity index (χ2n) is 3.99. The second-order valence-corrected chi connectivity index (χ2v) is 5.80. The molecular formula is C9H17F3N2O4S. The number of nitrogens with one attached hydrogen (secondary N) is 1. The summed E-state index contributed by atoms with van der Waals surface area (Å²) in [4.78, 5) is 10.8. The number of hydrogen-bond donors (Lipinski definition) is 1. The van der Waals surface area contributed by atoms with Gasteiger partial charge in [0, 0.05) is 19.6 Å². The molecule has 0 saturated heterocycles. The molecule has 6 nitrogen and oxygen atoms in total. The SMILES string of the molecule is COC(=O)CCN(C)S(=O)(=O)NC(C)CC(F)(F)F. The van der Waals surface area contributed by atoms with E-state index < -0.39 is 34.8 Å². The highest BCUT2D eigenvalue weighted by Crippen LogP contribution is 2.21. The molecule has 0 aliphatic carbocycles. The molecule has 0 aliphatic rings. The van der Waals surface area contributed by atoms with Crippen molar-refractivity contribution in [1.82, 2.24) is 9.03 Å². The van der Waals surface area contributed by atoms with Crippen LogP contribution in [0.2, 0.25) is 0 Å². The Morgan fingerprint density at radius 3 is 2.37 bits per heavy atom. The van der Waals surface area contributed by atoms with Crippen LogP contribution < -0.4 is 4.72 Å². The minimum absolute atomic E-state index is 0.179. The third kappa shape index (κ3) is 8.01. The number of carbonyl (C=O) groups is 1. The third-order valence-corrected chi connectivity index (χ3v) is 3.86. The molecule has 0 fully saturated rings. The summed E-state index contributed by atoms with van der Waals surface area (Å²) in [6.07, 6.45) is -5.90. The third-order valence-electron chi connectivity index (χ3n) is 2.16. The molecule has 19 heavy (non-hydrogen) atoms. The summed E-state index contributed by atoms with van der Waals surface area (Å²) in [5, 5.41) is 0. The lowest BCUT2D eigenvalue weighted by Crippen LogP contribution is -2.44. The van der Waals surface area contributed by atoms with Crippen molar-refractivity contribution in [3.63, 3.8) is 0 Å². The molecular weight excluding hydrogens is 289 g/mol. The second kappa shape index (κ2) is 7.06. The molecule has 0 bridgehead atoms. The fraction of sp³-hybridized carbons (Fsp3) is 0.889. The van der Waals surface area contributed by atoms with E-state index in [9.17, 15) is 26.4 Å². The first-order chi connectivity index (χ1) is 8.48. The zero-order chi connectivity index (χ0) is 15.3. The zero-order valence-electron chi connectivity index (χ0n) is 10.8. The fourth-order valence-electron chi connectivity index (χ4n) is 1.20. The number of rotatable bonds is 7. The van der Waals surface area contributed by atoms with E-state index >= 15 is 0 Å². The van der Waals surface area contributed by atoms with Gasteiger partial charge in [0.1, 0.15) is 0 Å². The Morgan fingerprint density at radius 1 is 1.42 bits per heavy atom. The molecule has 0 rings (SSSR count). The Kier molecular flexibility index (Phi) is 6.73. The van der Waals surface area contributed by atoms with E-state index in [-0.39, 0.29) is 13.0 Å². The van der Waals surface area contributed by atoms with E-state index in [1.54, 1.807) is 0 Å². The molecule has 114 valence electrons. The first-order valence-electron chi connectivity index (χ1n) is 5.35. The molecule has 0 saturated carbocycles. The average molecular weight is 306 g/mol. The summed E-state index contributed by atoms with van der Waals surface area (Å²) in [5.41, 5.74) is 0. The lowest BCUT2D eigenvalue weighted by Gasteiger charge is -2.21. The van der Waals surface area contributed by atoms with Gasteiger partial charge in [0.25, 0.3) is 10.2 Å². The van der Waals surface area contributed by atoms with Crippen LogP contribution in [0, 0.1) is 0 Å². The molecule has 1 N–H and O–H groups in total. The summed E-state index contributed by atoms with van der Waals surface area (Å²) < 4.78 is 66.4. The Morgan fingerprint density at radius 2 is 1.95 bits per heavy atom. The summed E-state index contributed by atoms with van der Waals surface area (Å²) >= 11 is 0. The van der Waals surface area contributed by atoms with Gasteiger partial charge < -0.3 is 4.74 Å². The van der Waals surface area contributed by atoms with Gasteiger partial charge in [-0.2, -0.15) is 30.6 Å². The van der Waals surface area contributed by atoms with Crippen LogP contribution in [-0.4, -0.2) is 51.6 Å². The molecule has 1 unspecified atom stereocenters. The maximum Gasteiger partial charge on any atom is 0.390 e. The lowest BCUT2D eigenvalue weighted by atomic mass is 10.2. The van der Waals surface area contributed by atoms with Crippen LogP contribution in [0.5, 0.6) is 0 Å². The first-order valence-corrected chi connectivity index (χ1v) is 6.79. The van der Waals surface area contributed by atoms with Gasteiger partial charge >= 0.3 is 12.1 Å². The summed E-state index contributed by atoms with van der Waals surface area (Å²) in [7, 11) is -1.75. The molecule has 0 spiro atoms. The average Bonchev–Trinajstić information content (AvgIpc) is 2.21. The van der Waals surface area contributed by atoms with Gasteiger partial charge in [-0.05, 0) is 6.92 Å². The van der Waals surface area contributed by atoms with Gasteiger partial charge in [-0.25, -0.2) is 0 Å². The Bertz CT molecular complexity index is 397. The number of nitrogens with zero attached hydrogens (tertiary/aromatic N) is 1. The van der Waals surface area contributed by atoms with E-state index in [4.69, 9.17) is 0 Å². The van der Waals surface area contributed by atoms with Crippen molar-refractivity contribution in [2.75, 3.05) is 20.7 Å². The van der Waals surface area contributed by atoms with Crippen molar-refractivity contribution in [1.29, 1.82) is 0 Å². The van der Waals surface area contributed by atoms with Crippen LogP contribution in [0.4, 0.5) is 13.2 Å². The van der Waals surface area contributed by atoms with Crippen molar-refractivity contribution < 1.29 is 31.1 Å².